The highest BCUT2D eigenvalue weighted by molar-refractivity contribution is 6.30. The van der Waals surface area contributed by atoms with Gasteiger partial charge in [-0.2, -0.15) is 0 Å². The second kappa shape index (κ2) is 12.5. The number of halogens is 1. The zero-order valence-corrected chi connectivity index (χ0v) is 22.1. The largest absolute Gasteiger partial charge is 0.332 e. The van der Waals surface area contributed by atoms with Crippen molar-refractivity contribution in [3.05, 3.63) is 77.2 Å². The summed E-state index contributed by atoms with van der Waals surface area (Å²) in [7, 11) is 0. The van der Waals surface area contributed by atoms with E-state index in [1.807, 2.05) is 30.3 Å². The topological polar surface area (TPSA) is 76.2 Å². The van der Waals surface area contributed by atoms with E-state index in [9.17, 15) is 4.79 Å². The number of nitrogens with two attached hydrogens (primary N) is 1. The van der Waals surface area contributed by atoms with Crippen molar-refractivity contribution in [1.82, 2.24) is 19.8 Å². The Kier molecular flexibility index (Phi) is 9.19. The van der Waals surface area contributed by atoms with Gasteiger partial charge in [-0.3, -0.25) is 4.79 Å². The lowest BCUT2D eigenvalue weighted by Gasteiger charge is -2.37. The van der Waals surface area contributed by atoms with Crippen LogP contribution in [0.4, 0.5) is 0 Å². The minimum atomic E-state index is -0.164. The molecule has 0 spiro atoms. The number of hydrogen-bond donors (Lipinski definition) is 2. The van der Waals surface area contributed by atoms with Crippen LogP contribution in [0.25, 0.3) is 11.3 Å². The molecule has 2 atom stereocenters. The highest BCUT2D eigenvalue weighted by Gasteiger charge is 2.35. The van der Waals surface area contributed by atoms with Crippen molar-refractivity contribution in [2.75, 3.05) is 26.2 Å². The summed E-state index contributed by atoms with van der Waals surface area (Å²) >= 11 is 6.31. The molecule has 3 aromatic rings. The van der Waals surface area contributed by atoms with Crippen molar-refractivity contribution in [1.29, 1.82) is 0 Å². The normalized spacial score (nSPS) is 16.8. The van der Waals surface area contributed by atoms with Crippen LogP contribution >= 0.6 is 11.6 Å². The first kappa shape index (κ1) is 26.4. The van der Waals surface area contributed by atoms with Gasteiger partial charge in [0.2, 0.25) is 5.91 Å². The number of carbonyl (C=O) groups excluding carboxylic acids is 1. The lowest BCUT2D eigenvalue weighted by molar-refractivity contribution is -0.140. The number of benzene rings is 2. The van der Waals surface area contributed by atoms with Crippen LogP contribution in [-0.4, -0.2) is 46.5 Å². The number of nitrogens with one attached hydrogen (secondary N) is 1. The molecule has 0 unspecified atom stereocenters. The fourth-order valence-electron chi connectivity index (χ4n) is 5.10. The van der Waals surface area contributed by atoms with Crippen molar-refractivity contribution >= 4 is 17.5 Å². The molecular formula is C29H38ClN5O. The van der Waals surface area contributed by atoms with Gasteiger partial charge in [-0.1, -0.05) is 67.9 Å². The van der Waals surface area contributed by atoms with Gasteiger partial charge in [0.25, 0.3) is 0 Å². The summed E-state index contributed by atoms with van der Waals surface area (Å²) in [6.07, 6.45) is 4.80. The number of imidazole rings is 1. The second-order valence-electron chi connectivity index (χ2n) is 10.0. The Hall–Kier alpha value is -2.67. The third kappa shape index (κ3) is 6.36. The van der Waals surface area contributed by atoms with Gasteiger partial charge in [0.15, 0.2) is 0 Å². The fraction of sp³-hybridized carbons (Fsp3) is 0.448. The van der Waals surface area contributed by atoms with E-state index in [1.165, 1.54) is 5.56 Å². The zero-order chi connectivity index (χ0) is 25.5. The molecule has 0 saturated carbocycles. The van der Waals surface area contributed by atoms with E-state index in [0.29, 0.717) is 24.7 Å². The van der Waals surface area contributed by atoms with Crippen LogP contribution in [-0.2, 0) is 11.3 Å². The Labute approximate surface area is 219 Å². The van der Waals surface area contributed by atoms with E-state index in [-0.39, 0.29) is 23.8 Å². The number of amides is 1. The molecule has 1 saturated heterocycles. The molecular weight excluding hydrogens is 470 g/mol. The highest BCUT2D eigenvalue weighted by Crippen LogP contribution is 2.33. The number of carbonyl (C=O) groups is 1. The Bertz CT molecular complexity index is 1120. The van der Waals surface area contributed by atoms with E-state index in [4.69, 9.17) is 22.3 Å². The molecule has 3 N–H and O–H groups in total. The van der Waals surface area contributed by atoms with Crippen molar-refractivity contribution in [2.24, 2.45) is 17.6 Å². The van der Waals surface area contributed by atoms with E-state index < -0.39 is 0 Å². The molecule has 6 nitrogen and oxygen atoms in total. The summed E-state index contributed by atoms with van der Waals surface area (Å²) in [5.74, 6) is 1.26. The summed E-state index contributed by atoms with van der Waals surface area (Å²) < 4.78 is 2.21. The fourth-order valence-corrected chi connectivity index (χ4v) is 5.29. The quantitative estimate of drug-likeness (QED) is 0.399. The van der Waals surface area contributed by atoms with Gasteiger partial charge in [0.1, 0.15) is 5.82 Å². The first-order valence-corrected chi connectivity index (χ1v) is 13.4. The van der Waals surface area contributed by atoms with Crippen LogP contribution in [0.2, 0.25) is 5.02 Å². The molecule has 36 heavy (non-hydrogen) atoms. The third-order valence-corrected chi connectivity index (χ3v) is 7.12. The standard InChI is InChI=1S/C29H38ClN5O/c1-21(2)27(35(16-8-14-31)29(36)24-12-7-15-32-18-24)28-33-26(23-11-6-13-25(30)17-23)20-34(28)19-22-9-4-3-5-10-22/h3-6,9-11,13,17,20-21,24,27,32H,7-8,12,14-16,18-19,31H2,1-2H3/t24-,27-/m1/s1. The summed E-state index contributed by atoms with van der Waals surface area (Å²) in [5.41, 5.74) is 8.93. The number of rotatable bonds is 10. The molecule has 7 heteroatoms. The zero-order valence-electron chi connectivity index (χ0n) is 21.4. The van der Waals surface area contributed by atoms with Gasteiger partial charge in [-0.25, -0.2) is 4.98 Å². The van der Waals surface area contributed by atoms with Crippen LogP contribution < -0.4 is 11.1 Å². The number of piperidine rings is 1. The Morgan fingerprint density at radius 3 is 2.69 bits per heavy atom. The van der Waals surface area contributed by atoms with Crippen molar-refractivity contribution < 1.29 is 4.79 Å². The van der Waals surface area contributed by atoms with Gasteiger partial charge in [-0.05, 0) is 56.0 Å². The molecule has 0 aliphatic carbocycles. The lowest BCUT2D eigenvalue weighted by atomic mass is 9.94. The molecule has 2 heterocycles. The molecule has 1 aliphatic rings. The average molecular weight is 508 g/mol. The molecule has 1 aliphatic heterocycles. The van der Waals surface area contributed by atoms with Crippen LogP contribution in [0.5, 0.6) is 0 Å². The average Bonchev–Trinajstić information content (AvgIpc) is 3.30. The molecule has 0 bridgehead atoms. The predicted octanol–water partition coefficient (Wildman–Crippen LogP) is 5.13. The summed E-state index contributed by atoms with van der Waals surface area (Å²) in [6, 6.07) is 18.0. The summed E-state index contributed by atoms with van der Waals surface area (Å²) in [6.45, 7) is 7.90. The van der Waals surface area contributed by atoms with Gasteiger partial charge in [0, 0.05) is 36.4 Å². The molecule has 1 fully saturated rings. The van der Waals surface area contributed by atoms with Crippen molar-refractivity contribution in [3.63, 3.8) is 0 Å². The molecule has 0 radical (unpaired) electrons. The third-order valence-electron chi connectivity index (χ3n) is 6.89. The first-order chi connectivity index (χ1) is 17.5. The Balaban J connectivity index is 1.78. The molecule has 192 valence electrons. The minimum absolute atomic E-state index is 0.0114. The number of nitrogens with zero attached hydrogens (tertiary/aromatic N) is 3. The smallest absolute Gasteiger partial charge is 0.227 e. The minimum Gasteiger partial charge on any atom is -0.332 e. The van der Waals surface area contributed by atoms with Gasteiger partial charge in [0.05, 0.1) is 17.7 Å². The maximum absolute atomic E-state index is 13.9. The number of aromatic nitrogens is 2. The van der Waals surface area contributed by atoms with Crippen LogP contribution in [0.1, 0.15) is 50.5 Å². The van der Waals surface area contributed by atoms with Crippen molar-refractivity contribution in [2.45, 2.75) is 45.7 Å². The Morgan fingerprint density at radius 1 is 1.22 bits per heavy atom. The molecule has 1 amide bonds. The second-order valence-corrected chi connectivity index (χ2v) is 10.5. The summed E-state index contributed by atoms with van der Waals surface area (Å²) in [4.78, 5) is 21.1. The highest BCUT2D eigenvalue weighted by atomic mass is 35.5. The van der Waals surface area contributed by atoms with Crippen molar-refractivity contribution in [3.8, 4) is 11.3 Å². The van der Waals surface area contributed by atoms with Crippen LogP contribution in [0, 0.1) is 11.8 Å². The van der Waals surface area contributed by atoms with Gasteiger partial charge < -0.3 is 20.5 Å². The Morgan fingerprint density at radius 2 is 2.03 bits per heavy atom. The van der Waals surface area contributed by atoms with E-state index >= 15 is 0 Å². The maximum atomic E-state index is 13.9. The molecule has 1 aromatic heterocycles. The predicted molar refractivity (Wildman–Crippen MR) is 147 cm³/mol. The molecule has 4 rings (SSSR count). The van der Waals surface area contributed by atoms with E-state index in [0.717, 1.165) is 49.4 Å². The lowest BCUT2D eigenvalue weighted by Crippen LogP contribution is -2.47. The molecule has 2 aromatic carbocycles. The summed E-state index contributed by atoms with van der Waals surface area (Å²) in [5, 5.41) is 4.08. The SMILES string of the molecule is CC(C)[C@H](c1nc(-c2cccc(Cl)c2)cn1Cc1ccccc1)N(CCCN)C(=O)[C@@H]1CCCNC1. The van der Waals surface area contributed by atoms with Gasteiger partial charge in [-0.15, -0.1) is 0 Å². The maximum Gasteiger partial charge on any atom is 0.227 e. The van der Waals surface area contributed by atoms with E-state index in [2.05, 4.69) is 59.1 Å². The monoisotopic (exact) mass is 507 g/mol. The van der Waals surface area contributed by atoms with Gasteiger partial charge >= 0.3 is 0 Å². The number of hydrogen-bond acceptors (Lipinski definition) is 4. The van der Waals surface area contributed by atoms with Crippen LogP contribution in [0.3, 0.4) is 0 Å². The van der Waals surface area contributed by atoms with E-state index in [1.54, 1.807) is 0 Å². The first-order valence-electron chi connectivity index (χ1n) is 13.1. The van der Waals surface area contributed by atoms with Crippen LogP contribution in [0.15, 0.2) is 60.8 Å².